The molecule has 0 spiro atoms. The summed E-state index contributed by atoms with van der Waals surface area (Å²) in [6, 6.07) is 0.822. The summed E-state index contributed by atoms with van der Waals surface area (Å²) in [4.78, 5) is 5.09. The minimum atomic E-state index is 0.788. The lowest BCUT2D eigenvalue weighted by Crippen LogP contribution is -2.47. The molecule has 0 amide bonds. The Balaban J connectivity index is 1.91. The van der Waals surface area contributed by atoms with Gasteiger partial charge in [0.25, 0.3) is 0 Å². The van der Waals surface area contributed by atoms with E-state index in [1.54, 1.807) is 0 Å². The number of alkyl halides is 1. The van der Waals surface area contributed by atoms with E-state index < -0.39 is 0 Å². The summed E-state index contributed by atoms with van der Waals surface area (Å²) in [6.45, 7) is 6.17. The Kier molecular flexibility index (Phi) is 2.35. The van der Waals surface area contributed by atoms with Gasteiger partial charge in [0.2, 0.25) is 0 Å². The quantitative estimate of drug-likeness (QED) is 0.567. The summed E-state index contributed by atoms with van der Waals surface area (Å²) in [5.41, 5.74) is 0. The molecule has 0 aromatic carbocycles. The number of hydrogen-bond donors (Lipinski definition) is 0. The zero-order chi connectivity index (χ0) is 7.68. The summed E-state index contributed by atoms with van der Waals surface area (Å²) >= 11 is 5.72. The molecule has 11 heavy (non-hydrogen) atoms. The van der Waals surface area contributed by atoms with E-state index in [2.05, 4.69) is 9.80 Å². The second-order valence-electron chi connectivity index (χ2n) is 3.47. The number of hydrogen-bond acceptors (Lipinski definition) is 2. The van der Waals surface area contributed by atoms with Crippen LogP contribution in [0.4, 0.5) is 0 Å². The van der Waals surface area contributed by atoms with Crippen molar-refractivity contribution < 1.29 is 0 Å². The molecular formula is C8H15ClN2. The minimum Gasteiger partial charge on any atom is -0.300 e. The lowest BCUT2D eigenvalue weighted by atomic mass is 10.2. The molecule has 2 saturated heterocycles. The first-order valence-electron chi connectivity index (χ1n) is 4.42. The van der Waals surface area contributed by atoms with Crippen LogP contribution >= 0.6 is 11.6 Å². The first kappa shape index (κ1) is 7.84. The molecule has 2 atom stereocenters. The van der Waals surface area contributed by atoms with Gasteiger partial charge in [0, 0.05) is 38.1 Å². The maximum Gasteiger partial charge on any atom is 0.0351 e. The minimum absolute atomic E-state index is 0.788. The van der Waals surface area contributed by atoms with Crippen LogP contribution < -0.4 is 0 Å². The standard InChI is InChI=1S/C8H15ClN2/c9-2-4-11-6-5-10-3-1-8(11)7-10/h8H,1-7H2. The van der Waals surface area contributed by atoms with Crippen LogP contribution in [0.5, 0.6) is 0 Å². The van der Waals surface area contributed by atoms with E-state index in [1.807, 2.05) is 0 Å². The Morgan fingerprint density at radius 1 is 1.27 bits per heavy atom. The predicted octanol–water partition coefficient (Wildman–Crippen LogP) is 0.615. The van der Waals surface area contributed by atoms with Gasteiger partial charge in [-0.25, -0.2) is 0 Å². The molecule has 2 heterocycles. The first-order valence-corrected chi connectivity index (χ1v) is 4.96. The summed E-state index contributed by atoms with van der Waals surface area (Å²) in [5, 5.41) is 0. The molecular weight excluding hydrogens is 160 g/mol. The van der Waals surface area contributed by atoms with Crippen LogP contribution in [0.25, 0.3) is 0 Å². The van der Waals surface area contributed by atoms with E-state index in [4.69, 9.17) is 11.6 Å². The number of piperazine rings is 1. The highest BCUT2D eigenvalue weighted by Gasteiger charge is 2.31. The Morgan fingerprint density at radius 3 is 3.00 bits per heavy atom. The highest BCUT2D eigenvalue weighted by molar-refractivity contribution is 6.18. The summed E-state index contributed by atoms with van der Waals surface area (Å²) < 4.78 is 0. The normalized spacial score (nSPS) is 37.9. The molecule has 2 rings (SSSR count). The molecule has 0 aliphatic carbocycles. The smallest absolute Gasteiger partial charge is 0.0351 e. The van der Waals surface area contributed by atoms with E-state index in [0.29, 0.717) is 0 Å². The Hall–Kier alpha value is 0.210. The van der Waals surface area contributed by atoms with Crippen molar-refractivity contribution in [2.24, 2.45) is 0 Å². The van der Waals surface area contributed by atoms with Gasteiger partial charge in [-0.1, -0.05) is 0 Å². The van der Waals surface area contributed by atoms with Gasteiger partial charge in [-0.05, 0) is 13.0 Å². The van der Waals surface area contributed by atoms with Gasteiger partial charge in [-0.2, -0.15) is 0 Å². The molecule has 2 bridgehead atoms. The van der Waals surface area contributed by atoms with Gasteiger partial charge < -0.3 is 4.90 Å². The fourth-order valence-corrected chi connectivity index (χ4v) is 2.39. The van der Waals surface area contributed by atoms with Gasteiger partial charge in [0.15, 0.2) is 0 Å². The second kappa shape index (κ2) is 3.30. The van der Waals surface area contributed by atoms with Crippen molar-refractivity contribution in [2.45, 2.75) is 12.5 Å². The van der Waals surface area contributed by atoms with Crippen LogP contribution in [-0.4, -0.2) is 54.4 Å². The third-order valence-corrected chi connectivity index (χ3v) is 3.01. The van der Waals surface area contributed by atoms with Gasteiger partial charge in [-0.15, -0.1) is 11.6 Å². The molecule has 64 valence electrons. The third-order valence-electron chi connectivity index (χ3n) is 2.84. The Bertz CT molecular complexity index is 140. The summed E-state index contributed by atoms with van der Waals surface area (Å²) in [7, 11) is 0. The zero-order valence-corrected chi connectivity index (χ0v) is 7.56. The molecule has 2 fully saturated rings. The highest BCUT2D eigenvalue weighted by atomic mass is 35.5. The Morgan fingerprint density at radius 2 is 2.18 bits per heavy atom. The average molecular weight is 175 g/mol. The van der Waals surface area contributed by atoms with E-state index in [-0.39, 0.29) is 0 Å². The SMILES string of the molecule is ClCCN1CCN2CCC1C2. The maximum atomic E-state index is 5.72. The molecule has 2 aliphatic heterocycles. The highest BCUT2D eigenvalue weighted by Crippen LogP contribution is 2.19. The number of rotatable bonds is 2. The fraction of sp³-hybridized carbons (Fsp3) is 1.00. The molecule has 0 aromatic heterocycles. The monoisotopic (exact) mass is 174 g/mol. The van der Waals surface area contributed by atoms with E-state index in [0.717, 1.165) is 18.5 Å². The molecule has 0 radical (unpaired) electrons. The lowest BCUT2D eigenvalue weighted by molar-refractivity contribution is 0.143. The Labute approximate surface area is 73.1 Å². The average Bonchev–Trinajstić information content (AvgIpc) is 2.40. The van der Waals surface area contributed by atoms with Crippen LogP contribution in [0.2, 0.25) is 0 Å². The zero-order valence-electron chi connectivity index (χ0n) is 6.80. The van der Waals surface area contributed by atoms with Crippen molar-refractivity contribution in [1.82, 2.24) is 9.80 Å². The number of fused-ring (bicyclic) bond motifs is 2. The fourth-order valence-electron chi connectivity index (χ4n) is 2.17. The van der Waals surface area contributed by atoms with Gasteiger partial charge >= 0.3 is 0 Å². The molecule has 2 unspecified atom stereocenters. The topological polar surface area (TPSA) is 6.48 Å². The number of nitrogens with zero attached hydrogens (tertiary/aromatic N) is 2. The molecule has 3 heteroatoms. The third kappa shape index (κ3) is 1.53. The van der Waals surface area contributed by atoms with Gasteiger partial charge in [0.1, 0.15) is 0 Å². The van der Waals surface area contributed by atoms with Crippen molar-refractivity contribution in [3.05, 3.63) is 0 Å². The van der Waals surface area contributed by atoms with E-state index in [9.17, 15) is 0 Å². The van der Waals surface area contributed by atoms with E-state index in [1.165, 1.54) is 32.6 Å². The molecule has 2 aliphatic rings. The van der Waals surface area contributed by atoms with Crippen molar-refractivity contribution in [2.75, 3.05) is 38.6 Å². The van der Waals surface area contributed by atoms with Crippen molar-refractivity contribution in [3.63, 3.8) is 0 Å². The number of halogens is 1. The van der Waals surface area contributed by atoms with Crippen LogP contribution in [0, 0.1) is 0 Å². The summed E-state index contributed by atoms with van der Waals surface area (Å²) in [5.74, 6) is 0.788. The second-order valence-corrected chi connectivity index (χ2v) is 3.85. The van der Waals surface area contributed by atoms with Crippen molar-refractivity contribution in [3.8, 4) is 0 Å². The predicted molar refractivity (Wildman–Crippen MR) is 47.1 cm³/mol. The van der Waals surface area contributed by atoms with Crippen molar-refractivity contribution in [1.29, 1.82) is 0 Å². The maximum absolute atomic E-state index is 5.72. The van der Waals surface area contributed by atoms with Crippen LogP contribution in [0.1, 0.15) is 6.42 Å². The lowest BCUT2D eigenvalue weighted by Gasteiger charge is -2.33. The van der Waals surface area contributed by atoms with Gasteiger partial charge in [0.05, 0.1) is 0 Å². The van der Waals surface area contributed by atoms with Crippen molar-refractivity contribution >= 4 is 11.6 Å². The molecule has 0 saturated carbocycles. The van der Waals surface area contributed by atoms with Gasteiger partial charge in [-0.3, -0.25) is 4.90 Å². The molecule has 0 aromatic rings. The van der Waals surface area contributed by atoms with E-state index >= 15 is 0 Å². The summed E-state index contributed by atoms with van der Waals surface area (Å²) in [6.07, 6.45) is 1.36. The van der Waals surface area contributed by atoms with Crippen LogP contribution in [0.3, 0.4) is 0 Å². The first-order chi connectivity index (χ1) is 5.40. The van der Waals surface area contributed by atoms with Crippen LogP contribution in [-0.2, 0) is 0 Å². The molecule has 0 N–H and O–H groups in total. The largest absolute Gasteiger partial charge is 0.300 e. The van der Waals surface area contributed by atoms with Crippen LogP contribution in [0.15, 0.2) is 0 Å². The molecule has 2 nitrogen and oxygen atoms in total.